The fraction of sp³-hybridized carbons (Fsp3) is 1.00. The lowest BCUT2D eigenvalue weighted by Crippen LogP contribution is -2.49. The molecule has 78 heavy (non-hydrogen) atoms. The topological polar surface area (TPSA) is 0 Å². The smallest absolute Gasteiger partial charge is 0.0267 e. The highest BCUT2D eigenvalue weighted by Gasteiger charge is 2.51. The Labute approximate surface area is 515 Å². The fourth-order valence-electron chi connectivity index (χ4n) is 21.4. The minimum atomic E-state index is -0.930. The van der Waals surface area contributed by atoms with Gasteiger partial charge in [0.2, 0.25) is 0 Å². The van der Waals surface area contributed by atoms with Crippen molar-refractivity contribution in [2.75, 3.05) is 0 Å². The first-order chi connectivity index (χ1) is 44.2. The molecule has 0 spiro atoms. The molecule has 0 nitrogen and oxygen atoms in total. The lowest BCUT2D eigenvalue weighted by atomic mass is 9.47. The Hall–Kier alpha value is 0. The van der Waals surface area contributed by atoms with E-state index in [1.54, 1.807) is 62.3 Å². The predicted molar refractivity (Wildman–Crippen MR) is 341 cm³/mol. The molecule has 0 radical (unpaired) electrons. The van der Waals surface area contributed by atoms with Crippen LogP contribution in [-0.4, -0.2) is 0 Å². The van der Waals surface area contributed by atoms with Gasteiger partial charge in [0.05, 0.1) is 0 Å². The van der Waals surface area contributed by atoms with Crippen LogP contribution in [0.25, 0.3) is 0 Å². The summed E-state index contributed by atoms with van der Waals surface area (Å²) in [6.45, 7) is 15.7. The van der Waals surface area contributed by atoms with Gasteiger partial charge < -0.3 is 0 Å². The molecule has 7 unspecified atom stereocenters. The van der Waals surface area contributed by atoms with E-state index in [1.165, 1.54) is 180 Å². The first-order valence-corrected chi connectivity index (χ1v) is 35.2. The Morgan fingerprint density at radius 1 is 0.205 bits per heavy atom. The lowest BCUT2D eigenvalue weighted by Gasteiger charge is -2.58. The van der Waals surface area contributed by atoms with Crippen molar-refractivity contribution in [3.05, 3.63) is 0 Å². The third-order valence-corrected chi connectivity index (χ3v) is 26.3. The molecule has 22 rings (SSSR count). The molecule has 0 aromatic rings. The van der Waals surface area contributed by atoms with Crippen molar-refractivity contribution < 1.29 is 24.7 Å². The van der Waals surface area contributed by atoms with Gasteiger partial charge in [-0.1, -0.05) is 197 Å². The molecular formula is C78H140. The van der Waals surface area contributed by atoms with Crippen LogP contribution >= 0.6 is 0 Å². The first kappa shape index (κ1) is 42.8. The summed E-state index contributed by atoms with van der Waals surface area (Å²) < 4.78 is 137. The summed E-state index contributed by atoms with van der Waals surface area (Å²) in [5.41, 5.74) is 0. The summed E-state index contributed by atoms with van der Waals surface area (Å²) in [4.78, 5) is 0. The standard InChI is InChI=1S/C12H20.C10H18.2C9H16.2C8H14.C8H16.C7H12.C7H14/c1-2-12-10-4-8-3-9(6-10)7-11(12)5-8;1-2-9-7-8-3-5-10(9)6-4-8;1-2-8-5-7-3-4-9(8)6-7;1-2-9-7-3-4-8(9)6-5-7;1-2-7-3-6-4-8(7)5-6;1-2-8-6-3-4-7(8)5-6;1-2-8-6-4-3-5-7-8;1-2-7-5-3-6(7)4-5;1-2-7-5-3-4-6-7/h8-12H,2-7H2,1H3;8-10H,2-7H2,1H3;2*7-9H,2-6H2,1H3;2*6-8H,2-5H2,1H3;8H,2-7H2,1H3;5-7H,2-4H2,1H3;7H,2-6H2,1H3/i9*2D2. The highest BCUT2D eigenvalue weighted by atomic mass is 14.6. The van der Waals surface area contributed by atoms with E-state index in [0.717, 1.165) is 134 Å². The van der Waals surface area contributed by atoms with Crippen LogP contribution in [0.5, 0.6) is 0 Å². The van der Waals surface area contributed by atoms with E-state index in [0.29, 0.717) is 59.2 Å². The average Bonchev–Trinajstić information content (AvgIpc) is 1.33. The number of hydrogen-bond donors (Lipinski definition) is 0. The molecule has 22 saturated carbocycles. The Morgan fingerprint density at radius 3 is 0.782 bits per heavy atom. The van der Waals surface area contributed by atoms with E-state index in [2.05, 4.69) is 0 Å². The molecule has 0 aromatic carbocycles. The molecule has 22 aliphatic rings. The van der Waals surface area contributed by atoms with E-state index < -0.39 is 57.4 Å². The van der Waals surface area contributed by atoms with Crippen LogP contribution in [0.15, 0.2) is 0 Å². The van der Waals surface area contributed by atoms with Gasteiger partial charge in [0, 0.05) is 24.7 Å². The van der Waals surface area contributed by atoms with Gasteiger partial charge >= 0.3 is 0 Å². The third kappa shape index (κ3) is 16.1. The van der Waals surface area contributed by atoms with Crippen LogP contribution in [-0.2, 0) is 0 Å². The van der Waals surface area contributed by atoms with Crippen molar-refractivity contribution in [2.45, 2.75) is 344 Å². The highest BCUT2D eigenvalue weighted by Crippen LogP contribution is 2.60. The van der Waals surface area contributed by atoms with Gasteiger partial charge in [-0.3, -0.25) is 0 Å². The van der Waals surface area contributed by atoms with Crippen LogP contribution in [0.4, 0.5) is 0 Å². The van der Waals surface area contributed by atoms with E-state index in [4.69, 9.17) is 24.7 Å². The van der Waals surface area contributed by atoms with Crippen molar-refractivity contribution in [1.29, 1.82) is 0 Å². The summed E-state index contributed by atoms with van der Waals surface area (Å²) in [6, 6.07) is 0. The van der Waals surface area contributed by atoms with E-state index >= 15 is 0 Å². The quantitative estimate of drug-likeness (QED) is 0.216. The van der Waals surface area contributed by atoms with E-state index in [1.807, 2.05) is 0 Å². The average molecular weight is 1100 g/mol. The monoisotopic (exact) mass is 1100 g/mol. The van der Waals surface area contributed by atoms with Gasteiger partial charge in [-0.05, 0) is 296 Å². The Morgan fingerprint density at radius 2 is 0.513 bits per heavy atom. The second kappa shape index (κ2) is 31.4. The number of fused-ring (bicyclic) bond motifs is 9. The van der Waals surface area contributed by atoms with Crippen LogP contribution < -0.4 is 0 Å². The van der Waals surface area contributed by atoms with Crippen molar-refractivity contribution >= 4 is 0 Å². The second-order valence-corrected chi connectivity index (χ2v) is 30.3. The van der Waals surface area contributed by atoms with Crippen molar-refractivity contribution in [3.8, 4) is 0 Å². The molecule has 452 valence electrons. The van der Waals surface area contributed by atoms with Crippen molar-refractivity contribution in [2.24, 2.45) is 148 Å². The van der Waals surface area contributed by atoms with Crippen LogP contribution in [0.3, 0.4) is 0 Å². The lowest BCUT2D eigenvalue weighted by molar-refractivity contribution is -0.0819. The Kier molecular flexibility index (Phi) is 17.2. The fourth-order valence-corrected chi connectivity index (χ4v) is 21.4. The normalized spacial score (nSPS) is 50.8. The van der Waals surface area contributed by atoms with Crippen molar-refractivity contribution in [1.82, 2.24) is 0 Å². The molecule has 7 atom stereocenters. The van der Waals surface area contributed by atoms with E-state index in [-0.39, 0.29) is 0 Å². The van der Waals surface area contributed by atoms with E-state index in [9.17, 15) is 0 Å². The molecule has 22 aliphatic carbocycles. The molecule has 22 fully saturated rings. The molecule has 0 heterocycles. The minimum absolute atomic E-state index is 0.334. The summed E-state index contributed by atoms with van der Waals surface area (Å²) in [7, 11) is 0. The maximum Gasteiger partial charge on any atom is 0.0267 e. The van der Waals surface area contributed by atoms with Gasteiger partial charge in [0.1, 0.15) is 0 Å². The maximum absolute atomic E-state index is 7.97. The zero-order valence-corrected chi connectivity index (χ0v) is 52.7. The van der Waals surface area contributed by atoms with Gasteiger partial charge in [0.25, 0.3) is 0 Å². The Balaban J connectivity index is 0.000000127. The molecule has 0 heteroatoms. The Bertz CT molecular complexity index is 2260. The molecular weight excluding hydrogens is 937 g/mol. The molecule has 16 bridgehead atoms. The maximum atomic E-state index is 7.97. The second-order valence-electron chi connectivity index (χ2n) is 30.3. The molecule has 0 aromatic heterocycles. The third-order valence-electron chi connectivity index (χ3n) is 26.3. The summed E-state index contributed by atoms with van der Waals surface area (Å²) in [5, 5.41) is 0. The van der Waals surface area contributed by atoms with Gasteiger partial charge in [-0.25, -0.2) is 0 Å². The zero-order valence-electron chi connectivity index (χ0n) is 70.7. The largest absolute Gasteiger partial charge is 0.0651 e. The molecule has 0 amide bonds. The highest BCUT2D eigenvalue weighted by molar-refractivity contribution is 5.01. The van der Waals surface area contributed by atoms with Gasteiger partial charge in [0.15, 0.2) is 0 Å². The number of rotatable bonds is 9. The van der Waals surface area contributed by atoms with Crippen LogP contribution in [0.2, 0.25) is 0 Å². The summed E-state index contributed by atoms with van der Waals surface area (Å²) in [6.07, 6.45) is 36.4. The van der Waals surface area contributed by atoms with Crippen molar-refractivity contribution in [3.63, 3.8) is 0 Å². The van der Waals surface area contributed by atoms with Gasteiger partial charge in [-0.2, -0.15) is 0 Å². The summed E-state index contributed by atoms with van der Waals surface area (Å²) >= 11 is 0. The first-order valence-electron chi connectivity index (χ1n) is 44.2. The zero-order chi connectivity index (χ0) is 70.7. The minimum Gasteiger partial charge on any atom is -0.0651 e. The molecule has 0 saturated heterocycles. The van der Waals surface area contributed by atoms with Gasteiger partial charge in [-0.15, -0.1) is 0 Å². The van der Waals surface area contributed by atoms with Crippen LogP contribution in [0.1, 0.15) is 369 Å². The SMILES string of the molecule is [2H]C([2H])(C)C1C2CC1C2.[2H]C([2H])(C)C1C2CC3CC(C2)CC1C3.[2H]C([2H])(C)C1C2CCC1C2.[2H]C([2H])(C)C1C2CCC1CC2.[2H]C([2H])(C)C1CC2CC1C2.[2H]C([2H])(C)C1CC2CCC1C2.[2H]C([2H])(C)C1CC2CCC1CC2.[2H]C([2H])(C)C1CCCC1.[2H]C([2H])(C)C1CCCCC1. The molecule has 0 N–H and O–H groups in total. The molecule has 0 aliphatic heterocycles. The number of hydrogen-bond acceptors (Lipinski definition) is 0. The summed E-state index contributed by atoms with van der Waals surface area (Å²) in [5.74, 6) is 16.1. The van der Waals surface area contributed by atoms with Crippen LogP contribution in [0, 0.1) is 148 Å². The predicted octanol–water partition coefficient (Wildman–Crippen LogP) is 24.9.